The van der Waals surface area contributed by atoms with Crippen molar-refractivity contribution < 1.29 is 38.2 Å². The summed E-state index contributed by atoms with van der Waals surface area (Å²) >= 11 is 0. The second kappa shape index (κ2) is 8.92. The zero-order valence-electron chi connectivity index (χ0n) is 15.4. The van der Waals surface area contributed by atoms with E-state index in [0.717, 1.165) is 5.56 Å². The number of methoxy groups -OCH3 is 4. The Hall–Kier alpha value is -2.51. The van der Waals surface area contributed by atoms with E-state index >= 15 is 0 Å². The topological polar surface area (TPSA) is 107 Å². The summed E-state index contributed by atoms with van der Waals surface area (Å²) in [6, 6.07) is 8.39. The predicted octanol–water partition coefficient (Wildman–Crippen LogP) is 2.92. The lowest BCUT2D eigenvalue weighted by molar-refractivity contribution is 0.233. The maximum absolute atomic E-state index is 9.14. The van der Waals surface area contributed by atoms with Crippen LogP contribution in [0.4, 0.5) is 0 Å². The Bertz CT molecular complexity index is 788. The summed E-state index contributed by atoms with van der Waals surface area (Å²) in [5.74, 6) is 1.79. The molecule has 2 aromatic rings. The molecule has 0 unspecified atom stereocenters. The van der Waals surface area contributed by atoms with Crippen LogP contribution in [-0.4, -0.2) is 43.1 Å². The highest BCUT2D eigenvalue weighted by Gasteiger charge is 2.36. The number of rotatable bonds is 8. The molecule has 2 rings (SSSR count). The van der Waals surface area contributed by atoms with E-state index in [0.29, 0.717) is 22.8 Å². The van der Waals surface area contributed by atoms with E-state index in [2.05, 4.69) is 0 Å². The van der Waals surface area contributed by atoms with Gasteiger partial charge in [-0.25, -0.2) is 0 Å². The number of hydrogen-bond acceptors (Lipinski definition) is 8. The third-order valence-electron chi connectivity index (χ3n) is 3.56. The number of hydrogen-bond donors (Lipinski definition) is 3. The van der Waals surface area contributed by atoms with Crippen molar-refractivity contribution in [1.29, 1.82) is 0 Å². The van der Waals surface area contributed by atoms with Gasteiger partial charge < -0.3 is 18.9 Å². The summed E-state index contributed by atoms with van der Waals surface area (Å²) in [7, 11) is 1.54. The summed E-state index contributed by atoms with van der Waals surface area (Å²) < 4.78 is 25.8. The molecule has 0 saturated heterocycles. The van der Waals surface area contributed by atoms with Crippen LogP contribution in [0.2, 0.25) is 0 Å². The molecule has 2 aromatic carbocycles. The fourth-order valence-electron chi connectivity index (χ4n) is 2.39. The Morgan fingerprint density at radius 2 is 1.19 bits per heavy atom. The maximum atomic E-state index is 9.14. The van der Waals surface area contributed by atoms with Crippen molar-refractivity contribution in [1.82, 2.24) is 0 Å². The monoisotopic (exact) mass is 397 g/mol. The first-order chi connectivity index (χ1) is 12.8. The molecule has 0 amide bonds. The van der Waals surface area contributed by atoms with Crippen LogP contribution >= 0.6 is 8.17 Å². The molecule has 0 bridgehead atoms. The largest absolute Gasteiger partial charge is 0.614 e. The molecule has 0 fully saturated rings. The van der Waals surface area contributed by atoms with Gasteiger partial charge in [-0.2, -0.15) is 14.7 Å². The molecule has 0 radical (unpaired) electrons. The molecule has 0 aromatic heterocycles. The van der Waals surface area contributed by atoms with E-state index < -0.39 is 8.17 Å². The second-order valence-electron chi connectivity index (χ2n) is 5.31. The quantitative estimate of drug-likeness (QED) is 0.461. The van der Waals surface area contributed by atoms with Crippen LogP contribution in [0.15, 0.2) is 30.3 Å². The van der Waals surface area contributed by atoms with Gasteiger partial charge >= 0.3 is 8.17 Å². The highest BCUT2D eigenvalue weighted by molar-refractivity contribution is 7.53. The molecule has 0 aliphatic rings. The molecule has 0 aliphatic heterocycles. The first kappa shape index (κ1) is 20.8. The highest BCUT2D eigenvalue weighted by Crippen LogP contribution is 2.49. The SMILES string of the molecule is COc1ccc(/C=C/c2cc(OC)c(OC)c(OC)c2)cc1O[P+](O)(O)O. The van der Waals surface area contributed by atoms with Crippen molar-refractivity contribution in [2.45, 2.75) is 0 Å². The van der Waals surface area contributed by atoms with Gasteiger partial charge in [-0.05, 0) is 35.4 Å². The Kier molecular flexibility index (Phi) is 6.87. The number of benzene rings is 2. The summed E-state index contributed by atoms with van der Waals surface area (Å²) in [6.45, 7) is 0. The standard InChI is InChI=1S/C18H22O8P/c1-22-14-8-7-12(9-15(14)26-27(19,20)21)5-6-13-10-16(23-2)18(25-4)17(11-13)24-3/h5-11,19-21H,1-4H3/q+1/b6-5+. The summed E-state index contributed by atoms with van der Waals surface area (Å²) in [5.41, 5.74) is 1.46. The lowest BCUT2D eigenvalue weighted by Crippen LogP contribution is -1.99. The molecule has 27 heavy (non-hydrogen) atoms. The van der Waals surface area contributed by atoms with Gasteiger partial charge in [0.1, 0.15) is 0 Å². The molecule has 0 saturated carbocycles. The van der Waals surface area contributed by atoms with Crippen LogP contribution in [0.5, 0.6) is 28.7 Å². The molecule has 8 nitrogen and oxygen atoms in total. The van der Waals surface area contributed by atoms with Gasteiger partial charge in [-0.15, -0.1) is 0 Å². The normalized spacial score (nSPS) is 11.4. The minimum absolute atomic E-state index is 0.00498. The first-order valence-corrected chi connectivity index (χ1v) is 9.30. The smallest absolute Gasteiger partial charge is 0.493 e. The molecular weight excluding hydrogens is 375 g/mol. The predicted molar refractivity (Wildman–Crippen MR) is 102 cm³/mol. The average molecular weight is 397 g/mol. The zero-order chi connectivity index (χ0) is 20.0. The van der Waals surface area contributed by atoms with Gasteiger partial charge in [-0.1, -0.05) is 18.2 Å². The van der Waals surface area contributed by atoms with E-state index in [1.807, 2.05) is 0 Å². The molecule has 0 heterocycles. The van der Waals surface area contributed by atoms with Crippen LogP contribution in [-0.2, 0) is 0 Å². The van der Waals surface area contributed by atoms with E-state index in [9.17, 15) is 0 Å². The van der Waals surface area contributed by atoms with E-state index in [-0.39, 0.29) is 11.5 Å². The average Bonchev–Trinajstić information content (AvgIpc) is 2.64. The molecule has 0 atom stereocenters. The van der Waals surface area contributed by atoms with Crippen LogP contribution in [0.3, 0.4) is 0 Å². The van der Waals surface area contributed by atoms with Crippen molar-refractivity contribution in [3.8, 4) is 28.7 Å². The van der Waals surface area contributed by atoms with Crippen molar-refractivity contribution in [2.75, 3.05) is 28.4 Å². The lowest BCUT2D eigenvalue weighted by atomic mass is 10.1. The van der Waals surface area contributed by atoms with Crippen molar-refractivity contribution in [3.63, 3.8) is 0 Å². The van der Waals surface area contributed by atoms with Crippen molar-refractivity contribution in [2.24, 2.45) is 0 Å². The van der Waals surface area contributed by atoms with Crippen LogP contribution in [0.1, 0.15) is 11.1 Å². The first-order valence-electron chi connectivity index (χ1n) is 7.74. The van der Waals surface area contributed by atoms with Crippen molar-refractivity contribution >= 4 is 20.3 Å². The van der Waals surface area contributed by atoms with Gasteiger partial charge in [0, 0.05) is 0 Å². The minimum atomic E-state index is -4.46. The Labute approximate surface area is 157 Å². The third-order valence-corrected chi connectivity index (χ3v) is 4.01. The summed E-state index contributed by atoms with van der Waals surface area (Å²) in [5, 5.41) is 0. The van der Waals surface area contributed by atoms with Crippen LogP contribution in [0.25, 0.3) is 12.2 Å². The van der Waals surface area contributed by atoms with Gasteiger partial charge in [0.2, 0.25) is 11.5 Å². The number of ether oxygens (including phenoxy) is 4. The Balaban J connectivity index is 2.36. The van der Waals surface area contributed by atoms with Crippen LogP contribution < -0.4 is 23.5 Å². The van der Waals surface area contributed by atoms with Gasteiger partial charge in [0.25, 0.3) is 0 Å². The van der Waals surface area contributed by atoms with Gasteiger partial charge in [0.05, 0.1) is 28.4 Å². The summed E-state index contributed by atoms with van der Waals surface area (Å²) in [6.07, 6.45) is 3.56. The zero-order valence-corrected chi connectivity index (χ0v) is 16.3. The molecule has 3 N–H and O–H groups in total. The third kappa shape index (κ3) is 5.48. The molecule has 0 spiro atoms. The van der Waals surface area contributed by atoms with Gasteiger partial charge in [-0.3, -0.25) is 4.52 Å². The van der Waals surface area contributed by atoms with E-state index in [1.165, 1.54) is 34.5 Å². The lowest BCUT2D eigenvalue weighted by Gasteiger charge is -2.13. The fraction of sp³-hybridized carbons (Fsp3) is 0.222. The minimum Gasteiger partial charge on any atom is -0.493 e. The van der Waals surface area contributed by atoms with Gasteiger partial charge in [0.15, 0.2) is 17.2 Å². The Morgan fingerprint density at radius 1 is 0.667 bits per heavy atom. The molecule has 0 aliphatic carbocycles. The molecule has 9 heteroatoms. The van der Waals surface area contributed by atoms with Crippen molar-refractivity contribution in [3.05, 3.63) is 41.5 Å². The molecular formula is C18H22O8P+. The Morgan fingerprint density at radius 3 is 1.67 bits per heavy atom. The fourth-order valence-corrected chi connectivity index (χ4v) is 2.80. The maximum Gasteiger partial charge on any atom is 0.614 e. The second-order valence-corrected chi connectivity index (χ2v) is 6.52. The highest BCUT2D eigenvalue weighted by atomic mass is 31.2. The van der Waals surface area contributed by atoms with Crippen LogP contribution in [0, 0.1) is 0 Å². The summed E-state index contributed by atoms with van der Waals surface area (Å²) in [4.78, 5) is 27.4. The van der Waals surface area contributed by atoms with E-state index in [4.69, 9.17) is 38.2 Å². The molecule has 146 valence electrons. The van der Waals surface area contributed by atoms with E-state index in [1.54, 1.807) is 36.4 Å².